The van der Waals surface area contributed by atoms with E-state index in [0.29, 0.717) is 6.61 Å². The first-order valence-electron chi connectivity index (χ1n) is 6.28. The smallest absolute Gasteiger partial charge is 0.233 e. The molecule has 17 heavy (non-hydrogen) atoms. The first kappa shape index (κ1) is 11.1. The lowest BCUT2D eigenvalue weighted by molar-refractivity contribution is -0.224. The summed E-state index contributed by atoms with van der Waals surface area (Å²) in [5.41, 5.74) is 0. The predicted octanol–water partition coefficient (Wildman–Crippen LogP) is 3.10. The summed E-state index contributed by atoms with van der Waals surface area (Å²) < 4.78 is 17.8. The fourth-order valence-electron chi connectivity index (χ4n) is 2.66. The van der Waals surface area contributed by atoms with Crippen LogP contribution in [0.3, 0.4) is 0 Å². The van der Waals surface area contributed by atoms with E-state index in [-0.39, 0.29) is 5.79 Å². The second-order valence-corrected chi connectivity index (χ2v) is 5.06. The van der Waals surface area contributed by atoms with Crippen molar-refractivity contribution in [3.63, 3.8) is 0 Å². The molecule has 2 aliphatic rings. The summed E-state index contributed by atoms with van der Waals surface area (Å²) in [7, 11) is 0. The van der Waals surface area contributed by atoms with Gasteiger partial charge in [0.1, 0.15) is 12.4 Å². The van der Waals surface area contributed by atoms with Gasteiger partial charge in [0.25, 0.3) is 0 Å². The molecule has 1 saturated carbocycles. The topological polar surface area (TPSA) is 27.7 Å². The maximum absolute atomic E-state index is 6.06. The van der Waals surface area contributed by atoms with E-state index in [9.17, 15) is 0 Å². The lowest BCUT2D eigenvalue weighted by Gasteiger charge is -2.27. The number of benzene rings is 1. The Morgan fingerprint density at radius 3 is 2.53 bits per heavy atom. The molecule has 1 heterocycles. The summed E-state index contributed by atoms with van der Waals surface area (Å²) in [5.74, 6) is -0.191. The molecule has 1 aromatic carbocycles. The average Bonchev–Trinajstić information content (AvgIpc) is 2.89. The van der Waals surface area contributed by atoms with Crippen molar-refractivity contribution in [1.82, 2.24) is 0 Å². The number of para-hydroxylation sites is 1. The van der Waals surface area contributed by atoms with Crippen molar-refractivity contribution in [2.45, 2.75) is 44.2 Å². The molecule has 1 aliphatic heterocycles. The Bertz CT molecular complexity index is 384. The summed E-state index contributed by atoms with van der Waals surface area (Å²) >= 11 is 0. The van der Waals surface area contributed by atoms with E-state index in [2.05, 4.69) is 0 Å². The van der Waals surface area contributed by atoms with E-state index < -0.39 is 5.79 Å². The molecular formula is C14H18O3. The standard InChI is InChI=1S/C14H18O3/c1-13(16-12-7-3-2-4-8-12)11-15-14(17-13)9-5-6-10-14/h2-4,7-8H,5-6,9-11H2,1H3. The van der Waals surface area contributed by atoms with Crippen LogP contribution in [0.4, 0.5) is 0 Å². The normalized spacial score (nSPS) is 30.9. The Morgan fingerprint density at radius 2 is 1.82 bits per heavy atom. The third-order valence-electron chi connectivity index (χ3n) is 3.44. The maximum Gasteiger partial charge on any atom is 0.233 e. The lowest BCUT2D eigenvalue weighted by Crippen LogP contribution is -2.38. The second kappa shape index (κ2) is 4.00. The van der Waals surface area contributed by atoms with Crippen molar-refractivity contribution < 1.29 is 14.2 Å². The number of hydrogen-bond donors (Lipinski definition) is 0. The van der Waals surface area contributed by atoms with Crippen LogP contribution in [0.1, 0.15) is 32.6 Å². The third-order valence-corrected chi connectivity index (χ3v) is 3.44. The Balaban J connectivity index is 1.71. The Labute approximate surface area is 102 Å². The van der Waals surface area contributed by atoms with E-state index in [1.807, 2.05) is 37.3 Å². The molecule has 1 aliphatic carbocycles. The minimum atomic E-state index is -0.647. The molecule has 0 bridgehead atoms. The molecular weight excluding hydrogens is 216 g/mol. The summed E-state index contributed by atoms with van der Waals surface area (Å²) in [5, 5.41) is 0. The van der Waals surface area contributed by atoms with Gasteiger partial charge in [-0.2, -0.15) is 0 Å². The largest absolute Gasteiger partial charge is 0.460 e. The SMILES string of the molecule is CC1(Oc2ccccc2)COC2(CCCC2)O1. The zero-order valence-corrected chi connectivity index (χ0v) is 10.1. The fraction of sp³-hybridized carbons (Fsp3) is 0.571. The molecule has 1 unspecified atom stereocenters. The molecule has 0 N–H and O–H groups in total. The first-order chi connectivity index (χ1) is 8.20. The van der Waals surface area contributed by atoms with Crippen LogP contribution in [0.5, 0.6) is 5.75 Å². The molecule has 3 rings (SSSR count). The van der Waals surface area contributed by atoms with Crippen LogP contribution in [0, 0.1) is 0 Å². The number of ether oxygens (including phenoxy) is 3. The van der Waals surface area contributed by atoms with Gasteiger partial charge in [-0.15, -0.1) is 0 Å². The van der Waals surface area contributed by atoms with Gasteiger partial charge in [0.15, 0.2) is 5.79 Å². The molecule has 0 aromatic heterocycles. The van der Waals surface area contributed by atoms with Gasteiger partial charge in [-0.25, -0.2) is 0 Å². The molecule has 92 valence electrons. The molecule has 3 nitrogen and oxygen atoms in total. The predicted molar refractivity (Wildman–Crippen MR) is 63.7 cm³/mol. The van der Waals surface area contributed by atoms with Crippen molar-refractivity contribution in [2.75, 3.05) is 6.61 Å². The van der Waals surface area contributed by atoms with E-state index in [0.717, 1.165) is 18.6 Å². The quantitative estimate of drug-likeness (QED) is 0.787. The molecule has 0 amide bonds. The highest BCUT2D eigenvalue weighted by Gasteiger charge is 2.50. The first-order valence-corrected chi connectivity index (χ1v) is 6.28. The Morgan fingerprint density at radius 1 is 1.12 bits per heavy atom. The lowest BCUT2D eigenvalue weighted by atomic mass is 10.2. The van der Waals surface area contributed by atoms with Crippen molar-refractivity contribution in [2.24, 2.45) is 0 Å². The molecule has 0 radical (unpaired) electrons. The maximum atomic E-state index is 6.06. The van der Waals surface area contributed by atoms with Gasteiger partial charge < -0.3 is 14.2 Å². The Kier molecular flexibility index (Phi) is 2.60. The van der Waals surface area contributed by atoms with Gasteiger partial charge in [-0.05, 0) is 25.0 Å². The Hall–Kier alpha value is -1.06. The zero-order chi connectivity index (χ0) is 11.8. The van der Waals surface area contributed by atoms with Crippen LogP contribution < -0.4 is 4.74 Å². The summed E-state index contributed by atoms with van der Waals surface area (Å²) in [4.78, 5) is 0. The fourth-order valence-corrected chi connectivity index (χ4v) is 2.66. The number of hydrogen-bond acceptors (Lipinski definition) is 3. The molecule has 1 atom stereocenters. The molecule has 2 fully saturated rings. The minimum Gasteiger partial charge on any atom is -0.460 e. The van der Waals surface area contributed by atoms with Crippen molar-refractivity contribution in [3.8, 4) is 5.75 Å². The highest BCUT2D eigenvalue weighted by Crippen LogP contribution is 2.43. The van der Waals surface area contributed by atoms with Crippen LogP contribution in [-0.2, 0) is 9.47 Å². The van der Waals surface area contributed by atoms with Crippen molar-refractivity contribution in [3.05, 3.63) is 30.3 Å². The molecule has 3 heteroatoms. The van der Waals surface area contributed by atoms with Crippen molar-refractivity contribution in [1.29, 1.82) is 0 Å². The molecule has 1 aromatic rings. The van der Waals surface area contributed by atoms with Gasteiger partial charge in [-0.1, -0.05) is 18.2 Å². The highest BCUT2D eigenvalue weighted by molar-refractivity contribution is 5.21. The molecule has 1 saturated heterocycles. The van der Waals surface area contributed by atoms with Crippen LogP contribution in [-0.4, -0.2) is 18.2 Å². The third kappa shape index (κ3) is 2.17. The van der Waals surface area contributed by atoms with Gasteiger partial charge in [0, 0.05) is 19.8 Å². The summed E-state index contributed by atoms with van der Waals surface area (Å²) in [6, 6.07) is 9.77. The van der Waals surface area contributed by atoms with Crippen LogP contribution in [0.25, 0.3) is 0 Å². The van der Waals surface area contributed by atoms with Gasteiger partial charge in [0.2, 0.25) is 5.79 Å². The monoisotopic (exact) mass is 234 g/mol. The van der Waals surface area contributed by atoms with E-state index in [1.54, 1.807) is 0 Å². The number of rotatable bonds is 2. The zero-order valence-electron chi connectivity index (χ0n) is 10.1. The van der Waals surface area contributed by atoms with Crippen LogP contribution in [0.2, 0.25) is 0 Å². The van der Waals surface area contributed by atoms with Gasteiger partial charge in [-0.3, -0.25) is 0 Å². The van der Waals surface area contributed by atoms with Crippen LogP contribution >= 0.6 is 0 Å². The van der Waals surface area contributed by atoms with Crippen LogP contribution in [0.15, 0.2) is 30.3 Å². The highest BCUT2D eigenvalue weighted by atomic mass is 16.8. The molecule has 1 spiro atoms. The van der Waals surface area contributed by atoms with E-state index in [4.69, 9.17) is 14.2 Å². The average molecular weight is 234 g/mol. The van der Waals surface area contributed by atoms with Gasteiger partial charge >= 0.3 is 0 Å². The van der Waals surface area contributed by atoms with Gasteiger partial charge in [0.05, 0.1) is 0 Å². The van der Waals surface area contributed by atoms with Crippen molar-refractivity contribution >= 4 is 0 Å². The van der Waals surface area contributed by atoms with E-state index >= 15 is 0 Å². The summed E-state index contributed by atoms with van der Waals surface area (Å²) in [6.45, 7) is 2.45. The minimum absolute atomic E-state index is 0.371. The second-order valence-electron chi connectivity index (χ2n) is 5.06. The summed E-state index contributed by atoms with van der Waals surface area (Å²) in [6.07, 6.45) is 4.34. The van der Waals surface area contributed by atoms with E-state index in [1.165, 1.54) is 12.8 Å².